The fourth-order valence-corrected chi connectivity index (χ4v) is 3.44. The number of hydrogen-bond donors (Lipinski definition) is 1. The Bertz CT molecular complexity index is 665. The standard InChI is InChI=1S/C14H16BrN3O3/c1-2-21-14(19)11-9-7-16-18-13(9)17-12(15)10(11)8-3-5-20-6-4-8/h7-8H,2-6H2,1H3,(H,16,17,18). The summed E-state index contributed by atoms with van der Waals surface area (Å²) in [7, 11) is 0. The summed E-state index contributed by atoms with van der Waals surface area (Å²) < 4.78 is 11.3. The molecule has 0 bridgehead atoms. The third kappa shape index (κ3) is 2.67. The lowest BCUT2D eigenvalue weighted by Gasteiger charge is -2.25. The molecule has 0 atom stereocenters. The van der Waals surface area contributed by atoms with Crippen molar-refractivity contribution >= 4 is 32.9 Å². The van der Waals surface area contributed by atoms with Crippen molar-refractivity contribution in [3.8, 4) is 0 Å². The predicted molar refractivity (Wildman–Crippen MR) is 80.3 cm³/mol. The van der Waals surface area contributed by atoms with E-state index in [4.69, 9.17) is 9.47 Å². The zero-order valence-electron chi connectivity index (χ0n) is 11.7. The molecule has 0 unspecified atom stereocenters. The van der Waals surface area contributed by atoms with Crippen LogP contribution in [0.5, 0.6) is 0 Å². The highest BCUT2D eigenvalue weighted by Crippen LogP contribution is 2.37. The molecule has 7 heteroatoms. The number of aromatic nitrogens is 3. The number of nitrogens with zero attached hydrogens (tertiary/aromatic N) is 2. The minimum absolute atomic E-state index is 0.235. The van der Waals surface area contributed by atoms with E-state index in [1.54, 1.807) is 13.1 Å². The molecule has 1 aliphatic rings. The van der Waals surface area contributed by atoms with Crippen LogP contribution in [0.2, 0.25) is 0 Å². The van der Waals surface area contributed by atoms with Crippen LogP contribution in [-0.2, 0) is 9.47 Å². The van der Waals surface area contributed by atoms with Crippen LogP contribution in [0.3, 0.4) is 0 Å². The van der Waals surface area contributed by atoms with E-state index >= 15 is 0 Å². The SMILES string of the molecule is CCOC(=O)c1c(C2CCOCC2)c(Br)nc2[nH]ncc12. The van der Waals surface area contributed by atoms with Crippen LogP contribution in [0.4, 0.5) is 0 Å². The molecule has 0 radical (unpaired) electrons. The third-order valence-electron chi connectivity index (χ3n) is 3.70. The summed E-state index contributed by atoms with van der Waals surface area (Å²) in [5.41, 5.74) is 2.06. The van der Waals surface area contributed by atoms with Crippen LogP contribution >= 0.6 is 15.9 Å². The fourth-order valence-electron chi connectivity index (χ4n) is 2.74. The van der Waals surface area contributed by atoms with E-state index in [-0.39, 0.29) is 11.9 Å². The number of halogens is 1. The number of fused-ring (bicyclic) bond motifs is 1. The number of aromatic amines is 1. The topological polar surface area (TPSA) is 77.1 Å². The first-order valence-electron chi connectivity index (χ1n) is 6.99. The van der Waals surface area contributed by atoms with Crippen molar-refractivity contribution < 1.29 is 14.3 Å². The third-order valence-corrected chi connectivity index (χ3v) is 4.30. The molecule has 0 saturated carbocycles. The Morgan fingerprint density at radius 3 is 3.00 bits per heavy atom. The number of rotatable bonds is 3. The largest absolute Gasteiger partial charge is 0.462 e. The van der Waals surface area contributed by atoms with Crippen molar-refractivity contribution in [1.82, 2.24) is 15.2 Å². The molecule has 1 N–H and O–H groups in total. The maximum Gasteiger partial charge on any atom is 0.339 e. The first-order valence-corrected chi connectivity index (χ1v) is 7.79. The van der Waals surface area contributed by atoms with Crippen molar-refractivity contribution in [2.24, 2.45) is 0 Å². The van der Waals surface area contributed by atoms with Crippen LogP contribution in [0.15, 0.2) is 10.8 Å². The van der Waals surface area contributed by atoms with Gasteiger partial charge in [0.15, 0.2) is 5.65 Å². The van der Waals surface area contributed by atoms with Crippen LogP contribution in [0, 0.1) is 0 Å². The van der Waals surface area contributed by atoms with Crippen LogP contribution in [0.1, 0.15) is 41.6 Å². The molecule has 0 aromatic carbocycles. The number of pyridine rings is 1. The van der Waals surface area contributed by atoms with Crippen molar-refractivity contribution in [2.45, 2.75) is 25.7 Å². The van der Waals surface area contributed by atoms with Crippen LogP contribution in [-0.4, -0.2) is 41.0 Å². The van der Waals surface area contributed by atoms with Gasteiger partial charge in [0.05, 0.1) is 23.8 Å². The summed E-state index contributed by atoms with van der Waals surface area (Å²) in [6.07, 6.45) is 3.37. The van der Waals surface area contributed by atoms with Crippen molar-refractivity contribution in [3.63, 3.8) is 0 Å². The van der Waals surface area contributed by atoms with E-state index in [1.807, 2.05) is 0 Å². The van der Waals surface area contributed by atoms with Gasteiger partial charge in [0, 0.05) is 18.8 Å². The molecule has 0 amide bonds. The van der Waals surface area contributed by atoms with Gasteiger partial charge in [-0.2, -0.15) is 5.10 Å². The molecule has 0 spiro atoms. The molecule has 21 heavy (non-hydrogen) atoms. The number of carbonyl (C=O) groups is 1. The van der Waals surface area contributed by atoms with Gasteiger partial charge in [0.2, 0.25) is 0 Å². The highest BCUT2D eigenvalue weighted by atomic mass is 79.9. The minimum Gasteiger partial charge on any atom is -0.462 e. The molecule has 0 aliphatic carbocycles. The summed E-state index contributed by atoms with van der Waals surface area (Å²) in [6.45, 7) is 3.53. The summed E-state index contributed by atoms with van der Waals surface area (Å²) in [5, 5.41) is 7.50. The Kier molecular flexibility index (Phi) is 4.21. The maximum atomic E-state index is 12.4. The van der Waals surface area contributed by atoms with Gasteiger partial charge in [-0.05, 0) is 41.6 Å². The van der Waals surface area contributed by atoms with Gasteiger partial charge in [-0.1, -0.05) is 0 Å². The second kappa shape index (κ2) is 6.11. The van der Waals surface area contributed by atoms with Gasteiger partial charge in [-0.3, -0.25) is 5.10 Å². The molecule has 2 aromatic heterocycles. The zero-order chi connectivity index (χ0) is 14.8. The average Bonchev–Trinajstić information content (AvgIpc) is 2.94. The Morgan fingerprint density at radius 1 is 1.52 bits per heavy atom. The van der Waals surface area contributed by atoms with Gasteiger partial charge in [-0.15, -0.1) is 0 Å². The monoisotopic (exact) mass is 353 g/mol. The lowest BCUT2D eigenvalue weighted by Crippen LogP contribution is -2.19. The lowest BCUT2D eigenvalue weighted by molar-refractivity contribution is 0.0521. The molecule has 2 aromatic rings. The molecular formula is C14H16BrN3O3. The summed E-state index contributed by atoms with van der Waals surface area (Å²) in [4.78, 5) is 16.9. The smallest absolute Gasteiger partial charge is 0.339 e. The summed E-state index contributed by atoms with van der Waals surface area (Å²) in [5.74, 6) is -0.0900. The highest BCUT2D eigenvalue weighted by Gasteiger charge is 2.28. The van der Waals surface area contributed by atoms with Crippen molar-refractivity contribution in [2.75, 3.05) is 19.8 Å². The first-order chi connectivity index (χ1) is 10.2. The van der Waals surface area contributed by atoms with Gasteiger partial charge in [0.25, 0.3) is 0 Å². The zero-order valence-corrected chi connectivity index (χ0v) is 13.3. The molecule has 1 saturated heterocycles. The van der Waals surface area contributed by atoms with Crippen LogP contribution in [0.25, 0.3) is 11.0 Å². The van der Waals surface area contributed by atoms with Gasteiger partial charge >= 0.3 is 5.97 Å². The van der Waals surface area contributed by atoms with Crippen molar-refractivity contribution in [1.29, 1.82) is 0 Å². The molecule has 1 aliphatic heterocycles. The Balaban J connectivity index is 2.17. The van der Waals surface area contributed by atoms with Crippen molar-refractivity contribution in [3.05, 3.63) is 21.9 Å². The van der Waals surface area contributed by atoms with Crippen LogP contribution < -0.4 is 0 Å². The number of esters is 1. The number of nitrogens with one attached hydrogen (secondary N) is 1. The van der Waals surface area contributed by atoms with E-state index in [0.717, 1.165) is 18.4 Å². The van der Waals surface area contributed by atoms with E-state index in [2.05, 4.69) is 31.1 Å². The number of carbonyl (C=O) groups excluding carboxylic acids is 1. The maximum absolute atomic E-state index is 12.4. The molecule has 3 heterocycles. The predicted octanol–water partition coefficient (Wildman–Crippen LogP) is 2.79. The van der Waals surface area contributed by atoms with E-state index in [0.29, 0.717) is 41.0 Å². The van der Waals surface area contributed by atoms with Gasteiger partial charge in [0.1, 0.15) is 4.60 Å². The van der Waals surface area contributed by atoms with Gasteiger partial charge < -0.3 is 9.47 Å². The second-order valence-electron chi connectivity index (χ2n) is 4.93. The average molecular weight is 354 g/mol. The van der Waals surface area contributed by atoms with E-state index in [9.17, 15) is 4.79 Å². The summed E-state index contributed by atoms with van der Waals surface area (Å²) in [6, 6.07) is 0. The van der Waals surface area contributed by atoms with E-state index in [1.165, 1.54) is 0 Å². The Labute approximate surface area is 130 Å². The second-order valence-corrected chi connectivity index (χ2v) is 5.68. The molecule has 6 nitrogen and oxygen atoms in total. The Morgan fingerprint density at radius 2 is 2.29 bits per heavy atom. The number of H-pyrrole nitrogens is 1. The van der Waals surface area contributed by atoms with E-state index < -0.39 is 0 Å². The number of ether oxygens (including phenoxy) is 2. The molecule has 112 valence electrons. The first kappa shape index (κ1) is 14.5. The number of hydrogen-bond acceptors (Lipinski definition) is 5. The van der Waals surface area contributed by atoms with Gasteiger partial charge in [-0.25, -0.2) is 9.78 Å². The molecular weight excluding hydrogens is 338 g/mol. The summed E-state index contributed by atoms with van der Waals surface area (Å²) >= 11 is 3.50. The highest BCUT2D eigenvalue weighted by molar-refractivity contribution is 9.10. The minimum atomic E-state index is -0.325. The quantitative estimate of drug-likeness (QED) is 0.678. The Hall–Kier alpha value is -1.47. The molecule has 3 rings (SSSR count). The normalized spacial score (nSPS) is 16.3. The molecule has 1 fully saturated rings. The lowest BCUT2D eigenvalue weighted by atomic mass is 9.88. The fraction of sp³-hybridized carbons (Fsp3) is 0.500.